The number of nitrogens with one attached hydrogen (secondary N) is 4. The number of amides is 1. The van der Waals surface area contributed by atoms with Crippen LogP contribution in [0.25, 0.3) is 11.2 Å². The summed E-state index contributed by atoms with van der Waals surface area (Å²) >= 11 is 0. The van der Waals surface area contributed by atoms with Gasteiger partial charge in [0.1, 0.15) is 17.4 Å². The van der Waals surface area contributed by atoms with E-state index in [0.29, 0.717) is 41.9 Å². The summed E-state index contributed by atoms with van der Waals surface area (Å²) in [6.45, 7) is 5.42. The third-order valence-corrected chi connectivity index (χ3v) is 8.25. The van der Waals surface area contributed by atoms with Gasteiger partial charge in [0, 0.05) is 12.6 Å². The third kappa shape index (κ3) is 6.01. The molecular formula is C25H32N6O6S. The maximum Gasteiger partial charge on any atom is 0.345 e. The molecule has 12 nitrogen and oxygen atoms in total. The first kappa shape index (κ1) is 27.6. The summed E-state index contributed by atoms with van der Waals surface area (Å²) in [5.41, 5.74) is 3.46. The number of H-pyrrole nitrogens is 1. The quantitative estimate of drug-likeness (QED) is 0.178. The van der Waals surface area contributed by atoms with Gasteiger partial charge in [0.15, 0.2) is 5.65 Å². The Bertz CT molecular complexity index is 1390. The van der Waals surface area contributed by atoms with E-state index < -0.39 is 33.6 Å². The number of carboxylic acids is 1. The topological polar surface area (TPSA) is 175 Å². The first-order valence-electron chi connectivity index (χ1n) is 12.3. The molecule has 0 radical (unpaired) electrons. The van der Waals surface area contributed by atoms with Gasteiger partial charge in [0.05, 0.1) is 11.5 Å². The number of fused-ring (bicyclic) bond motifs is 1. The number of carbonyl (C=O) groups excluding carboxylic acids is 1. The first-order valence-corrected chi connectivity index (χ1v) is 13.8. The van der Waals surface area contributed by atoms with Crippen molar-refractivity contribution in [3.8, 4) is 0 Å². The van der Waals surface area contributed by atoms with Crippen LogP contribution in [0.15, 0.2) is 35.4 Å². The summed E-state index contributed by atoms with van der Waals surface area (Å²) in [5, 5.41) is 12.8. The Hall–Kier alpha value is -3.39. The van der Waals surface area contributed by atoms with Gasteiger partial charge in [-0.15, -0.1) is 0 Å². The number of rotatable bonds is 11. The summed E-state index contributed by atoms with van der Waals surface area (Å²) in [5.74, 6) is -1.50. The SMILES string of the molecule is Cc1cc(C)c(S(=O)(=O)NC(CCCCc2nc3cccnc3[nH]2)(NC(=O)C2CCON2)C(=O)O)c(C)c1. The predicted molar refractivity (Wildman–Crippen MR) is 138 cm³/mol. The Kier molecular flexibility index (Phi) is 8.11. The van der Waals surface area contributed by atoms with Crippen molar-refractivity contribution in [3.63, 3.8) is 0 Å². The molecule has 1 fully saturated rings. The van der Waals surface area contributed by atoms with E-state index in [4.69, 9.17) is 4.84 Å². The molecule has 0 spiro atoms. The van der Waals surface area contributed by atoms with E-state index >= 15 is 0 Å². The van der Waals surface area contributed by atoms with E-state index in [2.05, 4.69) is 30.5 Å². The molecule has 2 atom stereocenters. The van der Waals surface area contributed by atoms with Gasteiger partial charge in [-0.3, -0.25) is 4.79 Å². The highest BCUT2D eigenvalue weighted by atomic mass is 32.2. The monoisotopic (exact) mass is 544 g/mol. The number of aryl methyl sites for hydroxylation is 4. The molecule has 4 rings (SSSR count). The van der Waals surface area contributed by atoms with E-state index in [1.807, 2.05) is 13.0 Å². The predicted octanol–water partition coefficient (Wildman–Crippen LogP) is 1.77. The van der Waals surface area contributed by atoms with Gasteiger partial charge in [-0.25, -0.2) is 23.2 Å². The molecule has 3 aromatic rings. The van der Waals surface area contributed by atoms with E-state index in [-0.39, 0.29) is 24.3 Å². The lowest BCUT2D eigenvalue weighted by molar-refractivity contribution is -0.149. The fourth-order valence-electron chi connectivity index (χ4n) is 4.79. The third-order valence-electron chi connectivity index (χ3n) is 6.45. The van der Waals surface area contributed by atoms with Crippen molar-refractivity contribution < 1.29 is 28.0 Å². The lowest BCUT2D eigenvalue weighted by Gasteiger charge is -2.32. The average Bonchev–Trinajstić information content (AvgIpc) is 3.50. The molecule has 3 heterocycles. The van der Waals surface area contributed by atoms with Crippen molar-refractivity contribution in [1.82, 2.24) is 30.5 Å². The fourth-order valence-corrected chi connectivity index (χ4v) is 6.55. The van der Waals surface area contributed by atoms with Gasteiger partial charge in [-0.05, 0) is 69.7 Å². The zero-order valence-electron chi connectivity index (χ0n) is 21.5. The Labute approximate surface area is 220 Å². The summed E-state index contributed by atoms with van der Waals surface area (Å²) in [6, 6.07) is 6.24. The minimum Gasteiger partial charge on any atom is -0.478 e. The van der Waals surface area contributed by atoms with Gasteiger partial charge >= 0.3 is 5.97 Å². The maximum atomic E-state index is 13.6. The van der Waals surface area contributed by atoms with Crippen molar-refractivity contribution in [1.29, 1.82) is 0 Å². The van der Waals surface area contributed by atoms with Gasteiger partial charge in [-0.2, -0.15) is 10.2 Å². The molecule has 38 heavy (non-hydrogen) atoms. The van der Waals surface area contributed by atoms with Crippen LogP contribution in [0.1, 0.15) is 48.2 Å². The second-order valence-electron chi connectivity index (χ2n) is 9.60. The zero-order chi connectivity index (χ0) is 27.5. The number of hydrogen-bond acceptors (Lipinski definition) is 8. The normalized spacial score (nSPS) is 17.4. The van der Waals surface area contributed by atoms with Gasteiger partial charge in [-0.1, -0.05) is 17.7 Å². The molecule has 13 heteroatoms. The molecular weight excluding hydrogens is 512 g/mol. The number of carboxylic acid groups (broad SMARTS) is 1. The molecule has 0 saturated carbocycles. The number of hydrogen-bond donors (Lipinski definition) is 5. The minimum atomic E-state index is -4.34. The van der Waals surface area contributed by atoms with Crippen LogP contribution in [0.2, 0.25) is 0 Å². The number of aromatic amines is 1. The van der Waals surface area contributed by atoms with E-state index in [1.54, 1.807) is 38.2 Å². The van der Waals surface area contributed by atoms with Gasteiger partial charge in [0.25, 0.3) is 0 Å². The standard InChI is InChI=1S/C25H32N6O6S/c1-15-13-16(2)21(17(3)14-15)38(35,36)31-25(24(33)34,29-23(32)19-9-12-37-30-19)10-5-4-8-20-27-18-7-6-11-26-22(18)28-20/h6-7,11,13-14,19,30-31H,4-5,8-10,12H2,1-3H3,(H,29,32)(H,33,34)(H,26,27,28). The molecule has 0 aliphatic carbocycles. The maximum absolute atomic E-state index is 13.6. The van der Waals surface area contributed by atoms with Crippen molar-refractivity contribution in [2.24, 2.45) is 0 Å². The number of imidazole rings is 1. The Morgan fingerprint density at radius 1 is 1.21 bits per heavy atom. The van der Waals surface area contributed by atoms with Crippen LogP contribution >= 0.6 is 0 Å². The van der Waals surface area contributed by atoms with Crippen molar-refractivity contribution in [2.75, 3.05) is 6.61 Å². The Balaban J connectivity index is 1.58. The van der Waals surface area contributed by atoms with Crippen LogP contribution in [-0.2, 0) is 30.9 Å². The van der Waals surface area contributed by atoms with Crippen molar-refractivity contribution in [2.45, 2.75) is 69.5 Å². The largest absolute Gasteiger partial charge is 0.478 e. The number of hydroxylamine groups is 1. The summed E-state index contributed by atoms with van der Waals surface area (Å²) in [4.78, 5) is 42.4. The van der Waals surface area contributed by atoms with Crippen LogP contribution in [0.4, 0.5) is 0 Å². The zero-order valence-corrected chi connectivity index (χ0v) is 22.3. The molecule has 2 aromatic heterocycles. The fraction of sp³-hybridized carbons (Fsp3) is 0.440. The molecule has 1 saturated heterocycles. The number of pyridine rings is 1. The number of sulfonamides is 1. The minimum absolute atomic E-state index is 0.0138. The second kappa shape index (κ2) is 11.2. The van der Waals surface area contributed by atoms with E-state index in [9.17, 15) is 23.1 Å². The molecule has 1 amide bonds. The molecule has 5 N–H and O–H groups in total. The number of unbranched alkanes of at least 4 members (excludes halogenated alkanes) is 1. The van der Waals surface area contributed by atoms with E-state index in [1.165, 1.54) is 0 Å². The summed E-state index contributed by atoms with van der Waals surface area (Å²) in [6.07, 6.45) is 3.04. The Morgan fingerprint density at radius 3 is 2.58 bits per heavy atom. The summed E-state index contributed by atoms with van der Waals surface area (Å²) in [7, 11) is -4.34. The van der Waals surface area contributed by atoms with Crippen LogP contribution in [0.3, 0.4) is 0 Å². The number of benzene rings is 1. The molecule has 204 valence electrons. The first-order chi connectivity index (χ1) is 18.0. The number of aromatic nitrogens is 3. The van der Waals surface area contributed by atoms with Crippen LogP contribution in [0, 0.1) is 20.8 Å². The lowest BCUT2D eigenvalue weighted by Crippen LogP contribution is -2.67. The average molecular weight is 545 g/mol. The van der Waals surface area contributed by atoms with Gasteiger partial charge in [0.2, 0.25) is 21.6 Å². The lowest BCUT2D eigenvalue weighted by atomic mass is 10.0. The van der Waals surface area contributed by atoms with Crippen molar-refractivity contribution >= 4 is 33.1 Å². The number of aliphatic carboxylic acids is 1. The van der Waals surface area contributed by atoms with Gasteiger partial charge < -0.3 is 20.2 Å². The van der Waals surface area contributed by atoms with Crippen LogP contribution in [-0.4, -0.2) is 58.7 Å². The molecule has 1 aliphatic heterocycles. The molecule has 2 unspecified atom stereocenters. The molecule has 1 aliphatic rings. The van der Waals surface area contributed by atoms with Crippen molar-refractivity contribution in [3.05, 3.63) is 53.0 Å². The molecule has 1 aromatic carbocycles. The second-order valence-corrected chi connectivity index (χ2v) is 11.2. The van der Waals surface area contributed by atoms with E-state index in [0.717, 1.165) is 11.1 Å². The summed E-state index contributed by atoms with van der Waals surface area (Å²) < 4.78 is 29.5. The van der Waals surface area contributed by atoms with Crippen LogP contribution < -0.4 is 15.5 Å². The highest BCUT2D eigenvalue weighted by Gasteiger charge is 2.45. The highest BCUT2D eigenvalue weighted by molar-refractivity contribution is 7.89. The smallest absolute Gasteiger partial charge is 0.345 e. The molecule has 0 bridgehead atoms. The Morgan fingerprint density at radius 2 is 1.95 bits per heavy atom. The van der Waals surface area contributed by atoms with Crippen LogP contribution in [0.5, 0.6) is 0 Å². The highest BCUT2D eigenvalue weighted by Crippen LogP contribution is 2.25. The number of carbonyl (C=O) groups is 2. The number of nitrogens with zero attached hydrogens (tertiary/aromatic N) is 2.